The number of sulfonamides is 1. The Morgan fingerprint density at radius 2 is 1.44 bits per heavy atom. The van der Waals surface area contributed by atoms with Crippen molar-refractivity contribution >= 4 is 38.3 Å². The first-order valence-electron chi connectivity index (χ1n) is 12.7. The maximum Gasteiger partial charge on any atom is 0.251 e. The molecule has 0 aliphatic carbocycles. The molecule has 4 aromatic carbocycles. The third kappa shape index (κ3) is 7.10. The van der Waals surface area contributed by atoms with E-state index in [4.69, 9.17) is 0 Å². The number of rotatable bonds is 8. The van der Waals surface area contributed by atoms with E-state index in [0.717, 1.165) is 11.1 Å². The zero-order chi connectivity index (χ0) is 28.2. The SMILES string of the molecule is Cc1ccc(C[C@H](NC(=O)c2ccccc2)C(=O)Nc2cccc3c(S(=O)(=O)NC(C)(C)C)cccc23)cc1. The molecule has 3 N–H and O–H groups in total. The molecule has 0 aromatic heterocycles. The smallest absolute Gasteiger partial charge is 0.251 e. The Morgan fingerprint density at radius 1 is 0.795 bits per heavy atom. The van der Waals surface area contributed by atoms with Gasteiger partial charge in [-0.25, -0.2) is 13.1 Å². The number of hydrogen-bond donors (Lipinski definition) is 3. The van der Waals surface area contributed by atoms with Gasteiger partial charge in [0.1, 0.15) is 6.04 Å². The summed E-state index contributed by atoms with van der Waals surface area (Å²) in [6, 6.07) is 25.7. The standard InChI is InChI=1S/C31H33N3O4S/c1-21-16-18-22(19-17-21)20-27(33-29(35)23-10-6-5-7-11-23)30(36)32-26-14-8-13-25-24(26)12-9-15-28(25)39(37,38)34-31(2,3)4/h5-19,27,34H,20H2,1-4H3,(H,32,36)(H,33,35)/t27-/m0/s1. The number of fused-ring (bicyclic) bond motifs is 1. The third-order valence-corrected chi connectivity index (χ3v) is 7.90. The molecule has 0 aliphatic rings. The lowest BCUT2D eigenvalue weighted by Crippen LogP contribution is -2.45. The van der Waals surface area contributed by atoms with Crippen molar-refractivity contribution in [2.45, 2.75) is 50.6 Å². The van der Waals surface area contributed by atoms with Gasteiger partial charge in [0.25, 0.3) is 5.91 Å². The monoisotopic (exact) mass is 543 g/mol. The van der Waals surface area contributed by atoms with Crippen molar-refractivity contribution in [2.24, 2.45) is 0 Å². The van der Waals surface area contributed by atoms with Crippen molar-refractivity contribution in [2.75, 3.05) is 5.32 Å². The van der Waals surface area contributed by atoms with Gasteiger partial charge in [-0.3, -0.25) is 9.59 Å². The van der Waals surface area contributed by atoms with E-state index in [9.17, 15) is 18.0 Å². The summed E-state index contributed by atoms with van der Waals surface area (Å²) in [5, 5.41) is 6.86. The lowest BCUT2D eigenvalue weighted by molar-refractivity contribution is -0.118. The van der Waals surface area contributed by atoms with Crippen LogP contribution in [0.15, 0.2) is 95.9 Å². The number of anilines is 1. The van der Waals surface area contributed by atoms with Gasteiger partial charge in [-0.1, -0.05) is 72.3 Å². The topological polar surface area (TPSA) is 104 Å². The van der Waals surface area contributed by atoms with Gasteiger partial charge in [-0.05, 0) is 57.5 Å². The Balaban J connectivity index is 1.66. The fraction of sp³-hybridized carbons (Fsp3) is 0.226. The van der Waals surface area contributed by atoms with Gasteiger partial charge in [0.05, 0.1) is 4.90 Å². The fourth-order valence-corrected chi connectivity index (χ4v) is 5.94. The van der Waals surface area contributed by atoms with Crippen molar-refractivity contribution in [1.29, 1.82) is 0 Å². The quantitative estimate of drug-likeness (QED) is 0.284. The molecule has 0 spiro atoms. The Kier molecular flexibility index (Phi) is 8.18. The van der Waals surface area contributed by atoms with Crippen molar-refractivity contribution in [3.63, 3.8) is 0 Å². The molecule has 4 rings (SSSR count). The summed E-state index contributed by atoms with van der Waals surface area (Å²) in [4.78, 5) is 26.7. The van der Waals surface area contributed by atoms with E-state index in [2.05, 4.69) is 15.4 Å². The molecule has 0 saturated carbocycles. The minimum Gasteiger partial charge on any atom is -0.340 e. The van der Waals surface area contributed by atoms with Crippen LogP contribution in [-0.4, -0.2) is 31.8 Å². The maximum atomic E-state index is 13.6. The molecule has 0 radical (unpaired) electrons. The minimum atomic E-state index is -3.82. The summed E-state index contributed by atoms with van der Waals surface area (Å²) < 4.78 is 29.0. The second kappa shape index (κ2) is 11.4. The number of carbonyl (C=O) groups excluding carboxylic acids is 2. The molecule has 0 bridgehead atoms. The Labute approximate surface area is 229 Å². The van der Waals surface area contributed by atoms with Crippen LogP contribution in [0, 0.1) is 6.92 Å². The number of aryl methyl sites for hydroxylation is 1. The molecule has 0 fully saturated rings. The van der Waals surface area contributed by atoms with Crippen molar-refractivity contribution in [3.8, 4) is 0 Å². The summed E-state index contributed by atoms with van der Waals surface area (Å²) in [5.74, 6) is -0.768. The van der Waals surface area contributed by atoms with Crippen LogP contribution in [0.2, 0.25) is 0 Å². The molecule has 39 heavy (non-hydrogen) atoms. The second-order valence-electron chi connectivity index (χ2n) is 10.6. The molecule has 0 aliphatic heterocycles. The maximum absolute atomic E-state index is 13.6. The highest BCUT2D eigenvalue weighted by atomic mass is 32.2. The zero-order valence-electron chi connectivity index (χ0n) is 22.5. The Morgan fingerprint density at radius 3 is 2.10 bits per heavy atom. The van der Waals surface area contributed by atoms with E-state index in [1.165, 1.54) is 0 Å². The fourth-order valence-electron chi connectivity index (χ4n) is 4.30. The van der Waals surface area contributed by atoms with Gasteiger partial charge in [0.2, 0.25) is 15.9 Å². The van der Waals surface area contributed by atoms with Crippen LogP contribution in [0.25, 0.3) is 10.8 Å². The van der Waals surface area contributed by atoms with Gasteiger partial charge in [0.15, 0.2) is 0 Å². The van der Waals surface area contributed by atoms with Crippen LogP contribution in [-0.2, 0) is 21.2 Å². The Hall–Kier alpha value is -4.01. The lowest BCUT2D eigenvalue weighted by atomic mass is 10.0. The molecule has 7 nitrogen and oxygen atoms in total. The van der Waals surface area contributed by atoms with E-state index < -0.39 is 27.5 Å². The first-order chi connectivity index (χ1) is 18.4. The highest BCUT2D eigenvalue weighted by molar-refractivity contribution is 7.89. The van der Waals surface area contributed by atoms with Gasteiger partial charge in [-0.15, -0.1) is 0 Å². The first kappa shape index (κ1) is 28.0. The summed E-state index contributed by atoms with van der Waals surface area (Å²) >= 11 is 0. The molecular weight excluding hydrogens is 510 g/mol. The van der Waals surface area contributed by atoms with Crippen LogP contribution in [0.1, 0.15) is 42.3 Å². The predicted octanol–water partition coefficient (Wildman–Crippen LogP) is 5.20. The van der Waals surface area contributed by atoms with Crippen LogP contribution in [0.4, 0.5) is 5.69 Å². The van der Waals surface area contributed by atoms with Crippen LogP contribution < -0.4 is 15.4 Å². The second-order valence-corrected chi connectivity index (χ2v) is 12.2. The van der Waals surface area contributed by atoms with E-state index in [1.807, 2.05) is 37.3 Å². The van der Waals surface area contributed by atoms with E-state index >= 15 is 0 Å². The number of nitrogens with one attached hydrogen (secondary N) is 3. The molecule has 1 atom stereocenters. The predicted molar refractivity (Wildman–Crippen MR) is 155 cm³/mol. The average molecular weight is 544 g/mol. The first-order valence-corrected chi connectivity index (χ1v) is 14.2. The minimum absolute atomic E-state index is 0.125. The summed E-state index contributed by atoms with van der Waals surface area (Å²) in [7, 11) is -3.82. The van der Waals surface area contributed by atoms with E-state index in [0.29, 0.717) is 22.0 Å². The molecular formula is C31H33N3O4S. The normalized spacial score (nSPS) is 12.6. The average Bonchev–Trinajstić information content (AvgIpc) is 2.88. The van der Waals surface area contributed by atoms with E-state index in [1.54, 1.807) is 81.4 Å². The van der Waals surface area contributed by atoms with Crippen molar-refractivity contribution in [3.05, 3.63) is 108 Å². The highest BCUT2D eigenvalue weighted by Crippen LogP contribution is 2.29. The molecule has 4 aromatic rings. The third-order valence-electron chi connectivity index (χ3n) is 6.09. The van der Waals surface area contributed by atoms with Gasteiger partial charge >= 0.3 is 0 Å². The van der Waals surface area contributed by atoms with Gasteiger partial charge in [0, 0.05) is 34.0 Å². The Bertz CT molecular complexity index is 1590. The number of hydrogen-bond acceptors (Lipinski definition) is 4. The van der Waals surface area contributed by atoms with Crippen molar-refractivity contribution in [1.82, 2.24) is 10.0 Å². The molecule has 0 saturated heterocycles. The lowest BCUT2D eigenvalue weighted by Gasteiger charge is -2.22. The zero-order valence-corrected chi connectivity index (χ0v) is 23.3. The van der Waals surface area contributed by atoms with Crippen molar-refractivity contribution < 1.29 is 18.0 Å². The molecule has 2 amide bonds. The molecule has 202 valence electrons. The number of carbonyl (C=O) groups is 2. The molecule has 0 heterocycles. The largest absolute Gasteiger partial charge is 0.340 e. The highest BCUT2D eigenvalue weighted by Gasteiger charge is 2.26. The molecule has 0 unspecified atom stereocenters. The summed E-state index contributed by atoms with van der Waals surface area (Å²) in [6.45, 7) is 7.31. The van der Waals surface area contributed by atoms with Crippen LogP contribution in [0.3, 0.4) is 0 Å². The number of benzene rings is 4. The van der Waals surface area contributed by atoms with Crippen LogP contribution >= 0.6 is 0 Å². The van der Waals surface area contributed by atoms with Crippen LogP contribution in [0.5, 0.6) is 0 Å². The van der Waals surface area contributed by atoms with Gasteiger partial charge < -0.3 is 10.6 Å². The van der Waals surface area contributed by atoms with E-state index in [-0.39, 0.29) is 17.2 Å². The summed E-state index contributed by atoms with van der Waals surface area (Å²) in [5.41, 5.74) is 2.23. The summed E-state index contributed by atoms with van der Waals surface area (Å²) in [6.07, 6.45) is 0.282. The molecule has 8 heteroatoms. The van der Waals surface area contributed by atoms with Gasteiger partial charge in [-0.2, -0.15) is 0 Å². The number of amides is 2.